The highest BCUT2D eigenvalue weighted by molar-refractivity contribution is 5.86. The number of ether oxygens (including phenoxy) is 2. The second-order valence-corrected chi connectivity index (χ2v) is 7.71. The lowest BCUT2D eigenvalue weighted by atomic mass is 10.1. The van der Waals surface area contributed by atoms with Crippen LogP contribution >= 0.6 is 0 Å². The molecular weight excluding hydrogens is 354 g/mol. The van der Waals surface area contributed by atoms with Gasteiger partial charge in [0.2, 0.25) is 0 Å². The van der Waals surface area contributed by atoms with E-state index in [1.807, 2.05) is 0 Å². The SMILES string of the molecule is c1cc(OC2CCN(CCn3nccn3)CC2)c2ccn(C3CCOC3)c2c1. The summed E-state index contributed by atoms with van der Waals surface area (Å²) in [4.78, 5) is 4.23. The van der Waals surface area contributed by atoms with E-state index < -0.39 is 0 Å². The van der Waals surface area contributed by atoms with Gasteiger partial charge in [-0.1, -0.05) is 6.07 Å². The molecule has 0 amide bonds. The highest BCUT2D eigenvalue weighted by Gasteiger charge is 2.23. The van der Waals surface area contributed by atoms with Crippen molar-refractivity contribution in [3.8, 4) is 5.75 Å². The first-order chi connectivity index (χ1) is 13.9. The molecule has 0 bridgehead atoms. The van der Waals surface area contributed by atoms with Crippen LogP contribution in [-0.4, -0.2) is 63.4 Å². The van der Waals surface area contributed by atoms with Crippen molar-refractivity contribution in [1.29, 1.82) is 0 Å². The summed E-state index contributed by atoms with van der Waals surface area (Å²) in [5, 5.41) is 9.56. The molecule has 1 aromatic carbocycles. The van der Waals surface area contributed by atoms with Crippen LogP contribution in [0.2, 0.25) is 0 Å². The van der Waals surface area contributed by atoms with Gasteiger partial charge in [-0.2, -0.15) is 15.0 Å². The minimum absolute atomic E-state index is 0.280. The topological polar surface area (TPSA) is 57.3 Å². The van der Waals surface area contributed by atoms with Crippen molar-refractivity contribution in [1.82, 2.24) is 24.5 Å². The fourth-order valence-corrected chi connectivity index (χ4v) is 4.34. The molecule has 3 aromatic rings. The number of piperidine rings is 1. The van der Waals surface area contributed by atoms with Crippen molar-refractivity contribution in [2.75, 3.05) is 32.8 Å². The quantitative estimate of drug-likeness (QED) is 0.657. The normalized spacial score (nSPS) is 21.5. The lowest BCUT2D eigenvalue weighted by Crippen LogP contribution is -2.39. The van der Waals surface area contributed by atoms with Crippen LogP contribution in [-0.2, 0) is 11.3 Å². The van der Waals surface area contributed by atoms with E-state index in [4.69, 9.17) is 9.47 Å². The van der Waals surface area contributed by atoms with Crippen molar-refractivity contribution >= 4 is 10.9 Å². The summed E-state index contributed by atoms with van der Waals surface area (Å²) in [6.45, 7) is 5.61. The summed E-state index contributed by atoms with van der Waals surface area (Å²) in [6.07, 6.45) is 9.12. The molecule has 2 aromatic heterocycles. The van der Waals surface area contributed by atoms with E-state index in [0.717, 1.165) is 64.4 Å². The molecule has 2 fully saturated rings. The Morgan fingerprint density at radius 1 is 1.04 bits per heavy atom. The van der Waals surface area contributed by atoms with Gasteiger partial charge in [0.25, 0.3) is 0 Å². The first-order valence-corrected chi connectivity index (χ1v) is 10.3. The van der Waals surface area contributed by atoms with Crippen LogP contribution in [0.1, 0.15) is 25.3 Å². The van der Waals surface area contributed by atoms with Crippen LogP contribution in [0.25, 0.3) is 10.9 Å². The van der Waals surface area contributed by atoms with E-state index >= 15 is 0 Å². The minimum Gasteiger partial charge on any atom is -0.490 e. The maximum absolute atomic E-state index is 6.44. The van der Waals surface area contributed by atoms with Crippen LogP contribution in [0.4, 0.5) is 0 Å². The summed E-state index contributed by atoms with van der Waals surface area (Å²) in [7, 11) is 0. The zero-order valence-electron chi connectivity index (χ0n) is 16.1. The van der Waals surface area contributed by atoms with Crippen molar-refractivity contribution in [2.45, 2.75) is 38.0 Å². The van der Waals surface area contributed by atoms with Gasteiger partial charge in [-0.3, -0.25) is 0 Å². The molecule has 0 aliphatic carbocycles. The number of fused-ring (bicyclic) bond motifs is 1. The number of rotatable bonds is 6. The van der Waals surface area contributed by atoms with Gasteiger partial charge in [0.05, 0.1) is 37.1 Å². The Kier molecular flexibility index (Phi) is 5.01. The zero-order chi connectivity index (χ0) is 18.8. The number of nitrogens with zero attached hydrogens (tertiary/aromatic N) is 5. The Morgan fingerprint density at radius 2 is 1.89 bits per heavy atom. The second-order valence-electron chi connectivity index (χ2n) is 7.71. The number of hydrogen-bond acceptors (Lipinski definition) is 5. The molecule has 2 saturated heterocycles. The molecule has 5 rings (SSSR count). The van der Waals surface area contributed by atoms with Crippen molar-refractivity contribution in [3.63, 3.8) is 0 Å². The second kappa shape index (κ2) is 7.93. The predicted octanol–water partition coefficient (Wildman–Crippen LogP) is 2.74. The van der Waals surface area contributed by atoms with E-state index in [2.05, 4.69) is 50.1 Å². The van der Waals surface area contributed by atoms with Gasteiger partial charge in [0, 0.05) is 37.8 Å². The van der Waals surface area contributed by atoms with Crippen LogP contribution in [0.15, 0.2) is 42.9 Å². The van der Waals surface area contributed by atoms with Gasteiger partial charge in [-0.25, -0.2) is 0 Å². The molecular formula is C21H27N5O2. The third-order valence-corrected chi connectivity index (χ3v) is 5.93. The number of likely N-dealkylation sites (tertiary alicyclic amines) is 1. The first kappa shape index (κ1) is 17.7. The van der Waals surface area contributed by atoms with Gasteiger partial charge in [0.15, 0.2) is 0 Å². The molecule has 1 unspecified atom stereocenters. The number of hydrogen-bond donors (Lipinski definition) is 0. The van der Waals surface area contributed by atoms with Crippen molar-refractivity contribution in [2.24, 2.45) is 0 Å². The maximum Gasteiger partial charge on any atom is 0.129 e. The molecule has 28 heavy (non-hydrogen) atoms. The van der Waals surface area contributed by atoms with Gasteiger partial charge < -0.3 is 18.9 Å². The minimum atomic E-state index is 0.280. The summed E-state index contributed by atoms with van der Waals surface area (Å²) < 4.78 is 14.4. The molecule has 0 saturated carbocycles. The Hall–Kier alpha value is -2.38. The van der Waals surface area contributed by atoms with Crippen LogP contribution in [0.5, 0.6) is 5.75 Å². The molecule has 7 nitrogen and oxygen atoms in total. The largest absolute Gasteiger partial charge is 0.490 e. The van der Waals surface area contributed by atoms with Crippen molar-refractivity contribution in [3.05, 3.63) is 42.9 Å². The lowest BCUT2D eigenvalue weighted by Gasteiger charge is -2.32. The first-order valence-electron chi connectivity index (χ1n) is 10.3. The third-order valence-electron chi connectivity index (χ3n) is 5.93. The molecule has 4 heterocycles. The molecule has 148 valence electrons. The summed E-state index contributed by atoms with van der Waals surface area (Å²) in [5.41, 5.74) is 1.25. The molecule has 2 aliphatic rings. The van der Waals surface area contributed by atoms with E-state index in [9.17, 15) is 0 Å². The number of aromatic nitrogens is 4. The summed E-state index contributed by atoms with van der Waals surface area (Å²) in [5.74, 6) is 1.01. The van der Waals surface area contributed by atoms with Crippen LogP contribution in [0.3, 0.4) is 0 Å². The van der Waals surface area contributed by atoms with E-state index in [1.54, 1.807) is 17.2 Å². The highest BCUT2D eigenvalue weighted by Crippen LogP contribution is 2.32. The van der Waals surface area contributed by atoms with Gasteiger partial charge >= 0.3 is 0 Å². The standard InChI is InChI=1S/C21H27N5O2/c1-2-20-19(6-12-25(20)17-7-15-27-16-17)21(3-1)28-18-4-10-24(11-5-18)13-14-26-22-8-9-23-26/h1-3,6,8-9,12,17-18H,4-5,7,10-11,13-16H2. The Labute approximate surface area is 164 Å². The third kappa shape index (κ3) is 3.64. The fourth-order valence-electron chi connectivity index (χ4n) is 4.34. The molecule has 0 spiro atoms. The molecule has 7 heteroatoms. The lowest BCUT2D eigenvalue weighted by molar-refractivity contribution is 0.0984. The maximum atomic E-state index is 6.44. The van der Waals surface area contributed by atoms with E-state index in [-0.39, 0.29) is 6.10 Å². The highest BCUT2D eigenvalue weighted by atomic mass is 16.5. The van der Waals surface area contributed by atoms with Crippen LogP contribution in [0, 0.1) is 0 Å². The predicted molar refractivity (Wildman–Crippen MR) is 107 cm³/mol. The average molecular weight is 381 g/mol. The summed E-state index contributed by atoms with van der Waals surface area (Å²) >= 11 is 0. The molecule has 2 aliphatic heterocycles. The summed E-state index contributed by atoms with van der Waals surface area (Å²) in [6, 6.07) is 9.03. The Balaban J connectivity index is 1.20. The monoisotopic (exact) mass is 381 g/mol. The smallest absolute Gasteiger partial charge is 0.129 e. The molecule has 0 N–H and O–H groups in total. The van der Waals surface area contributed by atoms with E-state index in [0.29, 0.717) is 6.04 Å². The van der Waals surface area contributed by atoms with Gasteiger partial charge in [-0.15, -0.1) is 0 Å². The van der Waals surface area contributed by atoms with Crippen molar-refractivity contribution < 1.29 is 9.47 Å². The van der Waals surface area contributed by atoms with Gasteiger partial charge in [0.1, 0.15) is 11.9 Å². The van der Waals surface area contributed by atoms with Gasteiger partial charge in [-0.05, 0) is 37.5 Å². The number of benzene rings is 1. The average Bonchev–Trinajstić information content (AvgIpc) is 3.48. The zero-order valence-corrected chi connectivity index (χ0v) is 16.1. The van der Waals surface area contributed by atoms with E-state index in [1.165, 1.54) is 10.9 Å². The molecule has 0 radical (unpaired) electrons. The Bertz CT molecular complexity index is 893. The molecule has 1 atom stereocenters. The Morgan fingerprint density at radius 3 is 2.68 bits per heavy atom. The van der Waals surface area contributed by atoms with Crippen LogP contribution < -0.4 is 4.74 Å². The fraction of sp³-hybridized carbons (Fsp3) is 0.524.